The van der Waals surface area contributed by atoms with Gasteiger partial charge in [0, 0.05) is 12.1 Å². The van der Waals surface area contributed by atoms with E-state index in [1.54, 1.807) is 0 Å². The highest BCUT2D eigenvalue weighted by atomic mass is 16.8. The monoisotopic (exact) mass is 491 g/mol. The van der Waals surface area contributed by atoms with Crippen molar-refractivity contribution >= 4 is 11.7 Å². The third-order valence-electron chi connectivity index (χ3n) is 5.58. The molecule has 3 rings (SSSR count). The second kappa shape index (κ2) is 10.5. The lowest BCUT2D eigenvalue weighted by atomic mass is 9.99. The summed E-state index contributed by atoms with van der Waals surface area (Å²) in [7, 11) is 0. The Bertz CT molecular complexity index is 867. The number of aliphatic hydroxyl groups excluding tert-OH is 7. The van der Waals surface area contributed by atoms with E-state index >= 15 is 0 Å². The molecule has 0 amide bonds. The summed E-state index contributed by atoms with van der Waals surface area (Å²) in [4.78, 5) is 22.3. The molecule has 0 bridgehead atoms. The first-order valence-corrected chi connectivity index (χ1v) is 10.1. The van der Waals surface area contributed by atoms with E-state index in [0.717, 1.165) is 24.3 Å². The van der Waals surface area contributed by atoms with Crippen molar-refractivity contribution in [3.05, 3.63) is 39.9 Å². The van der Waals surface area contributed by atoms with Crippen molar-refractivity contribution in [2.75, 3.05) is 19.8 Å². The van der Waals surface area contributed by atoms with Crippen molar-refractivity contribution in [2.24, 2.45) is 0 Å². The smallest absolute Gasteiger partial charge is 0.338 e. The molecule has 0 unspecified atom stereocenters. The number of esters is 1. The minimum atomic E-state index is -2.35. The zero-order valence-corrected chi connectivity index (χ0v) is 17.5. The van der Waals surface area contributed by atoms with Gasteiger partial charge in [0.15, 0.2) is 6.29 Å². The van der Waals surface area contributed by atoms with E-state index in [9.17, 15) is 50.7 Å². The van der Waals surface area contributed by atoms with Crippen LogP contribution < -0.4 is 0 Å². The van der Waals surface area contributed by atoms with Crippen LogP contribution in [0.25, 0.3) is 0 Å². The Labute approximate surface area is 191 Å². The van der Waals surface area contributed by atoms with E-state index < -0.39 is 85.5 Å². The fourth-order valence-electron chi connectivity index (χ4n) is 3.58. The van der Waals surface area contributed by atoms with Gasteiger partial charge < -0.3 is 54.7 Å². The quantitative estimate of drug-likeness (QED) is 0.106. The van der Waals surface area contributed by atoms with Crippen molar-refractivity contribution in [3.63, 3.8) is 0 Å². The maximum atomic E-state index is 12.2. The van der Waals surface area contributed by atoms with Gasteiger partial charge in [-0.1, -0.05) is 0 Å². The number of nitrogens with zero attached hydrogens (tertiary/aromatic N) is 1. The normalized spacial score (nSPS) is 38.0. The lowest BCUT2D eigenvalue weighted by Gasteiger charge is -2.43. The standard InChI is InChI=1S/C19H25NO14/c21-5-10-13(24)16(27)19(7-22,33-10)34-18-15(26)14(25)12(23)11(32-18)6-31-17(28)8-1-3-9(4-2-8)20(29)30/h1-4,10-16,18,21-27H,5-7H2/t10-,11-,12+,13-,14-,15+,16-,18-,19-/m0/s1. The molecule has 2 aliphatic rings. The molecule has 2 aliphatic heterocycles. The summed E-state index contributed by atoms with van der Waals surface area (Å²) in [6.45, 7) is -2.44. The fourth-order valence-corrected chi connectivity index (χ4v) is 3.58. The molecule has 34 heavy (non-hydrogen) atoms. The number of nitro benzene ring substituents is 1. The number of aliphatic hydroxyl groups is 7. The third-order valence-corrected chi connectivity index (χ3v) is 5.58. The molecule has 1 aromatic rings. The average molecular weight is 491 g/mol. The summed E-state index contributed by atoms with van der Waals surface area (Å²) in [5, 5.41) is 80.5. The SMILES string of the molecule is O=C(OC[C@@H]1O[C@@H](O[C@]2(CO)O[C@@H](CO)[C@H](O)[C@@H]2O)[C@H](O)[C@@H](O)[C@@H]1O)c1ccc([N+](=O)[O-])cc1. The van der Waals surface area contributed by atoms with Gasteiger partial charge in [0.25, 0.3) is 5.69 Å². The van der Waals surface area contributed by atoms with E-state index in [-0.39, 0.29) is 11.3 Å². The maximum Gasteiger partial charge on any atom is 0.338 e. The number of hydrogen-bond donors (Lipinski definition) is 7. The molecule has 0 aliphatic carbocycles. The van der Waals surface area contributed by atoms with Gasteiger partial charge in [-0.25, -0.2) is 4.79 Å². The van der Waals surface area contributed by atoms with E-state index in [1.165, 1.54) is 0 Å². The van der Waals surface area contributed by atoms with E-state index in [4.69, 9.17) is 18.9 Å². The van der Waals surface area contributed by atoms with Gasteiger partial charge in [-0.3, -0.25) is 10.1 Å². The molecule has 190 valence electrons. The van der Waals surface area contributed by atoms with E-state index in [2.05, 4.69) is 0 Å². The number of benzene rings is 1. The maximum absolute atomic E-state index is 12.2. The molecule has 2 heterocycles. The minimum Gasteiger partial charge on any atom is -0.459 e. The first kappa shape index (κ1) is 26.3. The molecular formula is C19H25NO14. The topological polar surface area (TPSA) is 239 Å². The average Bonchev–Trinajstić information content (AvgIpc) is 3.08. The van der Waals surface area contributed by atoms with Crippen molar-refractivity contribution in [1.82, 2.24) is 0 Å². The zero-order chi connectivity index (χ0) is 25.2. The summed E-state index contributed by atoms with van der Waals surface area (Å²) in [6, 6.07) is 4.47. The van der Waals surface area contributed by atoms with Gasteiger partial charge in [-0.2, -0.15) is 0 Å². The number of hydrogen-bond acceptors (Lipinski definition) is 14. The van der Waals surface area contributed by atoms with Gasteiger partial charge in [0.2, 0.25) is 5.79 Å². The van der Waals surface area contributed by atoms with Crippen LogP contribution in [0.2, 0.25) is 0 Å². The van der Waals surface area contributed by atoms with Crippen LogP contribution >= 0.6 is 0 Å². The zero-order valence-electron chi connectivity index (χ0n) is 17.5. The molecule has 2 saturated heterocycles. The van der Waals surface area contributed by atoms with Gasteiger partial charge in [-0.05, 0) is 12.1 Å². The van der Waals surface area contributed by atoms with Crippen LogP contribution in [0.5, 0.6) is 0 Å². The number of ether oxygens (including phenoxy) is 4. The lowest BCUT2D eigenvalue weighted by molar-refractivity contribution is -0.384. The highest BCUT2D eigenvalue weighted by molar-refractivity contribution is 5.89. The predicted molar refractivity (Wildman–Crippen MR) is 105 cm³/mol. The van der Waals surface area contributed by atoms with Gasteiger partial charge >= 0.3 is 5.97 Å². The molecule has 2 fully saturated rings. The van der Waals surface area contributed by atoms with Crippen molar-refractivity contribution in [1.29, 1.82) is 0 Å². The second-order valence-corrected chi connectivity index (χ2v) is 7.78. The molecule has 9 atom stereocenters. The minimum absolute atomic E-state index is 0.0463. The summed E-state index contributed by atoms with van der Waals surface area (Å²) in [5.41, 5.74) is -0.294. The molecule has 0 aromatic heterocycles. The van der Waals surface area contributed by atoms with Gasteiger partial charge in [-0.15, -0.1) is 0 Å². The highest BCUT2D eigenvalue weighted by Gasteiger charge is 2.58. The molecule has 0 radical (unpaired) electrons. The van der Waals surface area contributed by atoms with E-state index in [0.29, 0.717) is 0 Å². The number of non-ortho nitro benzene ring substituents is 1. The second-order valence-electron chi connectivity index (χ2n) is 7.78. The molecule has 15 nitrogen and oxygen atoms in total. The molecule has 1 aromatic carbocycles. The summed E-state index contributed by atoms with van der Waals surface area (Å²) in [5.74, 6) is -3.28. The largest absolute Gasteiger partial charge is 0.459 e. The number of nitro groups is 1. The lowest BCUT2D eigenvalue weighted by Crippen LogP contribution is -2.62. The van der Waals surface area contributed by atoms with Gasteiger partial charge in [0.1, 0.15) is 55.9 Å². The summed E-state index contributed by atoms with van der Waals surface area (Å²) < 4.78 is 20.9. The summed E-state index contributed by atoms with van der Waals surface area (Å²) in [6.07, 6.45) is -13.7. The van der Waals surface area contributed by atoms with Crippen molar-refractivity contribution in [2.45, 2.75) is 54.8 Å². The number of rotatable bonds is 8. The first-order chi connectivity index (χ1) is 16.0. The van der Waals surface area contributed by atoms with E-state index in [1.807, 2.05) is 0 Å². The Morgan fingerprint density at radius 2 is 1.65 bits per heavy atom. The van der Waals surface area contributed by atoms with Crippen LogP contribution in [0.15, 0.2) is 24.3 Å². The first-order valence-electron chi connectivity index (χ1n) is 10.1. The highest BCUT2D eigenvalue weighted by Crippen LogP contribution is 2.36. The number of carbonyl (C=O) groups is 1. The Balaban J connectivity index is 1.68. The van der Waals surface area contributed by atoms with Crippen LogP contribution in [-0.2, 0) is 18.9 Å². The summed E-state index contributed by atoms with van der Waals surface area (Å²) >= 11 is 0. The Hall–Kier alpha value is -2.31. The number of carbonyl (C=O) groups excluding carboxylic acids is 1. The van der Waals surface area contributed by atoms with Crippen molar-refractivity contribution < 1.29 is 64.4 Å². The Kier molecular flexibility index (Phi) is 8.14. The molecule has 0 saturated carbocycles. The van der Waals surface area contributed by atoms with Gasteiger partial charge in [0.05, 0.1) is 17.1 Å². The Morgan fingerprint density at radius 1 is 1.00 bits per heavy atom. The van der Waals surface area contributed by atoms with Crippen molar-refractivity contribution in [3.8, 4) is 0 Å². The Morgan fingerprint density at radius 3 is 2.18 bits per heavy atom. The molecule has 15 heteroatoms. The molecule has 7 N–H and O–H groups in total. The molecule has 0 spiro atoms. The van der Waals surface area contributed by atoms with Crippen LogP contribution in [0.1, 0.15) is 10.4 Å². The fraction of sp³-hybridized carbons (Fsp3) is 0.632. The predicted octanol–water partition coefficient (Wildman–Crippen LogP) is -3.62. The van der Waals surface area contributed by atoms with Crippen LogP contribution in [-0.4, -0.2) is 121 Å². The van der Waals surface area contributed by atoms with Crippen LogP contribution in [0.4, 0.5) is 5.69 Å². The third kappa shape index (κ3) is 5.03. The van der Waals surface area contributed by atoms with Crippen LogP contribution in [0, 0.1) is 10.1 Å². The molecular weight excluding hydrogens is 466 g/mol. The van der Waals surface area contributed by atoms with Crippen LogP contribution in [0.3, 0.4) is 0 Å².